The van der Waals surface area contributed by atoms with Gasteiger partial charge in [-0.15, -0.1) is 0 Å². The zero-order chi connectivity index (χ0) is 9.26. The van der Waals surface area contributed by atoms with E-state index in [-0.39, 0.29) is 0 Å². The molecule has 0 unspecified atom stereocenters. The van der Waals surface area contributed by atoms with E-state index < -0.39 is 0 Å². The molecule has 1 aromatic heterocycles. The smallest absolute Gasteiger partial charge is 0.124 e. The van der Waals surface area contributed by atoms with Gasteiger partial charge in [0.2, 0.25) is 0 Å². The van der Waals surface area contributed by atoms with Gasteiger partial charge in [0.1, 0.15) is 6.29 Å². The van der Waals surface area contributed by atoms with Gasteiger partial charge in [-0.1, -0.05) is 18.2 Å². The molecule has 3 nitrogen and oxygen atoms in total. The first-order valence-electron chi connectivity index (χ1n) is 4.05. The SMILES string of the molecule is O=CCc1cn(O)c2ccccc12. The van der Waals surface area contributed by atoms with Crippen molar-refractivity contribution in [2.75, 3.05) is 0 Å². The highest BCUT2D eigenvalue weighted by Crippen LogP contribution is 2.19. The van der Waals surface area contributed by atoms with Crippen molar-refractivity contribution in [3.63, 3.8) is 0 Å². The number of para-hydroxylation sites is 1. The zero-order valence-corrected chi connectivity index (χ0v) is 6.97. The van der Waals surface area contributed by atoms with Crippen LogP contribution in [0, 0.1) is 0 Å². The fourth-order valence-electron chi connectivity index (χ4n) is 1.48. The van der Waals surface area contributed by atoms with Gasteiger partial charge in [0.25, 0.3) is 0 Å². The van der Waals surface area contributed by atoms with E-state index >= 15 is 0 Å². The molecule has 0 bridgehead atoms. The Morgan fingerprint density at radius 3 is 2.92 bits per heavy atom. The van der Waals surface area contributed by atoms with Gasteiger partial charge in [-0.2, -0.15) is 4.73 Å². The number of hydrogen-bond donors (Lipinski definition) is 1. The van der Waals surface area contributed by atoms with Crippen molar-refractivity contribution in [3.05, 3.63) is 36.0 Å². The summed E-state index contributed by atoms with van der Waals surface area (Å²) in [6, 6.07) is 7.43. The number of rotatable bonds is 2. The molecule has 1 aromatic carbocycles. The summed E-state index contributed by atoms with van der Waals surface area (Å²) in [4.78, 5) is 10.3. The molecule has 13 heavy (non-hydrogen) atoms. The molecule has 0 spiro atoms. The Kier molecular flexibility index (Phi) is 1.77. The second-order valence-corrected chi connectivity index (χ2v) is 2.89. The molecule has 0 aliphatic heterocycles. The van der Waals surface area contributed by atoms with Crippen molar-refractivity contribution >= 4 is 17.2 Å². The lowest BCUT2D eigenvalue weighted by molar-refractivity contribution is -0.107. The Hall–Kier alpha value is -1.77. The van der Waals surface area contributed by atoms with Crippen LogP contribution >= 0.6 is 0 Å². The maximum atomic E-state index is 10.3. The highest BCUT2D eigenvalue weighted by atomic mass is 16.5. The molecule has 2 aromatic rings. The van der Waals surface area contributed by atoms with Crippen LogP contribution in [0.4, 0.5) is 0 Å². The Morgan fingerprint density at radius 2 is 2.15 bits per heavy atom. The van der Waals surface area contributed by atoms with Crippen molar-refractivity contribution in [1.29, 1.82) is 0 Å². The van der Waals surface area contributed by atoms with Gasteiger partial charge < -0.3 is 10.0 Å². The number of carbonyl (C=O) groups is 1. The summed E-state index contributed by atoms with van der Waals surface area (Å²) in [5.74, 6) is 0. The number of aromatic nitrogens is 1. The summed E-state index contributed by atoms with van der Waals surface area (Å²) in [6.45, 7) is 0. The molecule has 0 saturated carbocycles. The third-order valence-corrected chi connectivity index (χ3v) is 2.08. The molecule has 0 fully saturated rings. The van der Waals surface area contributed by atoms with E-state index in [9.17, 15) is 10.0 Å². The van der Waals surface area contributed by atoms with E-state index in [1.807, 2.05) is 24.3 Å². The van der Waals surface area contributed by atoms with Crippen LogP contribution in [-0.2, 0) is 11.2 Å². The fourth-order valence-corrected chi connectivity index (χ4v) is 1.48. The lowest BCUT2D eigenvalue weighted by atomic mass is 10.1. The number of benzene rings is 1. The van der Waals surface area contributed by atoms with Gasteiger partial charge in [0, 0.05) is 18.0 Å². The van der Waals surface area contributed by atoms with Crippen molar-refractivity contribution in [3.8, 4) is 0 Å². The molecule has 0 aliphatic rings. The topological polar surface area (TPSA) is 42.2 Å². The maximum Gasteiger partial charge on any atom is 0.124 e. The number of hydrogen-bond acceptors (Lipinski definition) is 2. The molecule has 0 atom stereocenters. The molecular weight excluding hydrogens is 166 g/mol. The van der Waals surface area contributed by atoms with Crippen molar-refractivity contribution in [2.24, 2.45) is 0 Å². The summed E-state index contributed by atoms with van der Waals surface area (Å²) >= 11 is 0. The normalized spacial score (nSPS) is 10.5. The molecule has 0 aliphatic carbocycles. The average Bonchev–Trinajstić information content (AvgIpc) is 2.46. The minimum atomic E-state index is 0.341. The molecule has 66 valence electrons. The third-order valence-electron chi connectivity index (χ3n) is 2.08. The Labute approximate surface area is 75.2 Å². The average molecular weight is 175 g/mol. The fraction of sp³-hybridized carbons (Fsp3) is 0.100. The lowest BCUT2D eigenvalue weighted by Crippen LogP contribution is -1.85. The summed E-state index contributed by atoms with van der Waals surface area (Å²) in [6.07, 6.45) is 2.74. The summed E-state index contributed by atoms with van der Waals surface area (Å²) in [5.41, 5.74) is 1.59. The van der Waals surface area contributed by atoms with Crippen LogP contribution in [0.15, 0.2) is 30.5 Å². The van der Waals surface area contributed by atoms with Crippen LogP contribution < -0.4 is 0 Å². The van der Waals surface area contributed by atoms with Crippen LogP contribution in [0.3, 0.4) is 0 Å². The third kappa shape index (κ3) is 1.18. The zero-order valence-electron chi connectivity index (χ0n) is 6.97. The maximum absolute atomic E-state index is 10.3. The molecule has 0 saturated heterocycles. The summed E-state index contributed by atoms with van der Waals surface area (Å²) < 4.78 is 1.05. The molecule has 2 rings (SSSR count). The standard InChI is InChI=1S/C10H9NO2/c12-6-5-8-7-11(13)10-4-2-1-3-9(8)10/h1-4,6-7,13H,5H2. The van der Waals surface area contributed by atoms with Crippen molar-refractivity contribution in [2.45, 2.75) is 6.42 Å². The first kappa shape index (κ1) is 7.86. The van der Waals surface area contributed by atoms with Gasteiger partial charge in [-0.3, -0.25) is 0 Å². The second kappa shape index (κ2) is 2.94. The van der Waals surface area contributed by atoms with Gasteiger partial charge in [-0.05, 0) is 11.6 Å². The van der Waals surface area contributed by atoms with E-state index in [0.29, 0.717) is 6.42 Å². The molecule has 0 amide bonds. The van der Waals surface area contributed by atoms with Crippen LogP contribution in [0.1, 0.15) is 5.56 Å². The quantitative estimate of drug-likeness (QED) is 0.556. The highest BCUT2D eigenvalue weighted by Gasteiger charge is 2.05. The number of fused-ring (bicyclic) bond motifs is 1. The van der Waals surface area contributed by atoms with E-state index in [4.69, 9.17) is 0 Å². The Balaban J connectivity index is 2.70. The first-order chi connectivity index (χ1) is 6.33. The molecular formula is C10H9NO2. The molecule has 3 heteroatoms. The predicted octanol–water partition coefficient (Wildman–Crippen LogP) is 1.62. The van der Waals surface area contributed by atoms with Crippen molar-refractivity contribution < 1.29 is 10.0 Å². The first-order valence-corrected chi connectivity index (χ1v) is 4.05. The number of carbonyl (C=O) groups excluding carboxylic acids is 1. The predicted molar refractivity (Wildman–Crippen MR) is 48.9 cm³/mol. The van der Waals surface area contributed by atoms with Crippen molar-refractivity contribution in [1.82, 2.24) is 4.73 Å². The molecule has 1 heterocycles. The van der Waals surface area contributed by atoms with E-state index in [1.165, 1.54) is 0 Å². The molecule has 1 N–H and O–H groups in total. The highest BCUT2D eigenvalue weighted by molar-refractivity contribution is 5.85. The van der Waals surface area contributed by atoms with E-state index in [1.54, 1.807) is 6.20 Å². The minimum absolute atomic E-state index is 0.341. The van der Waals surface area contributed by atoms with Crippen LogP contribution in [0.5, 0.6) is 0 Å². The van der Waals surface area contributed by atoms with Gasteiger partial charge in [0.05, 0.1) is 5.52 Å². The monoisotopic (exact) mass is 175 g/mol. The second-order valence-electron chi connectivity index (χ2n) is 2.89. The summed E-state index contributed by atoms with van der Waals surface area (Å²) in [7, 11) is 0. The molecule has 0 radical (unpaired) electrons. The Bertz CT molecular complexity index is 445. The Morgan fingerprint density at radius 1 is 1.38 bits per heavy atom. The van der Waals surface area contributed by atoms with Crippen LogP contribution in [0.25, 0.3) is 10.9 Å². The van der Waals surface area contributed by atoms with Gasteiger partial charge in [0.15, 0.2) is 0 Å². The van der Waals surface area contributed by atoms with E-state index in [2.05, 4.69) is 0 Å². The number of nitrogens with zero attached hydrogens (tertiary/aromatic N) is 1. The lowest BCUT2D eigenvalue weighted by Gasteiger charge is -1.92. The van der Waals surface area contributed by atoms with E-state index in [0.717, 1.165) is 27.5 Å². The van der Waals surface area contributed by atoms with Crippen LogP contribution in [-0.4, -0.2) is 16.2 Å². The van der Waals surface area contributed by atoms with Gasteiger partial charge in [-0.25, -0.2) is 0 Å². The minimum Gasteiger partial charge on any atom is -0.428 e. The largest absolute Gasteiger partial charge is 0.428 e. The van der Waals surface area contributed by atoms with Crippen LogP contribution in [0.2, 0.25) is 0 Å². The number of aldehydes is 1. The van der Waals surface area contributed by atoms with Gasteiger partial charge >= 0.3 is 0 Å². The summed E-state index contributed by atoms with van der Waals surface area (Å²) in [5, 5.41) is 10.3.